The number of aromatic nitrogens is 3. The number of carbonyl (C=O) groups excluding carboxylic acids is 2. The Kier molecular flexibility index (Phi) is 5.88. The first kappa shape index (κ1) is 19.8. The van der Waals surface area contributed by atoms with Gasteiger partial charge in [0.1, 0.15) is 5.69 Å². The molecule has 1 fully saturated rings. The number of rotatable bonds is 5. The van der Waals surface area contributed by atoms with Gasteiger partial charge in [-0.3, -0.25) is 19.7 Å². The average molecular weight is 403 g/mol. The minimum atomic E-state index is -0.0820. The molecule has 2 aromatic heterocycles. The number of amides is 2. The number of aryl methyl sites for hydroxylation is 1. The van der Waals surface area contributed by atoms with E-state index in [4.69, 9.17) is 0 Å². The number of hydrogen-bond acceptors (Lipinski definition) is 4. The van der Waals surface area contributed by atoms with Crippen LogP contribution >= 0.6 is 0 Å². The molecule has 0 saturated carbocycles. The van der Waals surface area contributed by atoms with Gasteiger partial charge in [-0.2, -0.15) is 5.10 Å². The molecule has 7 heteroatoms. The number of likely N-dealkylation sites (tertiary alicyclic amines) is 1. The van der Waals surface area contributed by atoms with Gasteiger partial charge in [0.25, 0.3) is 5.91 Å². The molecule has 0 aliphatic carbocycles. The van der Waals surface area contributed by atoms with Crippen molar-refractivity contribution in [2.75, 3.05) is 13.1 Å². The van der Waals surface area contributed by atoms with E-state index in [0.717, 1.165) is 11.1 Å². The highest BCUT2D eigenvalue weighted by Crippen LogP contribution is 2.21. The summed E-state index contributed by atoms with van der Waals surface area (Å²) in [5.41, 5.74) is 4.36. The van der Waals surface area contributed by atoms with Crippen LogP contribution in [0.25, 0.3) is 11.3 Å². The molecule has 0 unspecified atom stereocenters. The van der Waals surface area contributed by atoms with E-state index >= 15 is 0 Å². The van der Waals surface area contributed by atoms with Gasteiger partial charge < -0.3 is 10.2 Å². The summed E-state index contributed by atoms with van der Waals surface area (Å²) in [6, 6.07) is 13.6. The van der Waals surface area contributed by atoms with Gasteiger partial charge in [0.2, 0.25) is 5.91 Å². The Balaban J connectivity index is 1.29. The number of pyridine rings is 1. The smallest absolute Gasteiger partial charge is 0.271 e. The third-order valence-electron chi connectivity index (χ3n) is 5.49. The lowest BCUT2D eigenvalue weighted by Gasteiger charge is -2.31. The third-order valence-corrected chi connectivity index (χ3v) is 5.49. The molecule has 0 bridgehead atoms. The summed E-state index contributed by atoms with van der Waals surface area (Å²) in [7, 11) is 0. The van der Waals surface area contributed by atoms with Crippen LogP contribution in [0.5, 0.6) is 0 Å². The first-order valence-corrected chi connectivity index (χ1v) is 10.2. The monoisotopic (exact) mass is 403 g/mol. The van der Waals surface area contributed by atoms with Crippen LogP contribution in [-0.4, -0.2) is 45.0 Å². The predicted octanol–water partition coefficient (Wildman–Crippen LogP) is 2.95. The van der Waals surface area contributed by atoms with E-state index in [0.29, 0.717) is 43.9 Å². The average Bonchev–Trinajstić information content (AvgIpc) is 3.28. The molecule has 0 spiro atoms. The Bertz CT molecular complexity index is 1020. The molecular weight excluding hydrogens is 378 g/mol. The molecule has 4 rings (SSSR count). The maximum absolute atomic E-state index is 12.8. The Morgan fingerprint density at radius 2 is 1.90 bits per heavy atom. The zero-order valence-corrected chi connectivity index (χ0v) is 17.0. The summed E-state index contributed by atoms with van der Waals surface area (Å²) in [6.07, 6.45) is 4.72. The molecule has 154 valence electrons. The number of nitrogens with zero attached hydrogens (tertiary/aromatic N) is 3. The first-order valence-electron chi connectivity index (χ1n) is 10.2. The van der Waals surface area contributed by atoms with Crippen LogP contribution in [0.1, 0.15) is 34.5 Å². The van der Waals surface area contributed by atoms with E-state index in [2.05, 4.69) is 26.6 Å². The van der Waals surface area contributed by atoms with Crippen molar-refractivity contribution in [3.63, 3.8) is 0 Å². The molecule has 3 heterocycles. The Labute approximate surface area is 175 Å². The maximum Gasteiger partial charge on any atom is 0.271 e. The second-order valence-corrected chi connectivity index (χ2v) is 7.68. The topological polar surface area (TPSA) is 91.0 Å². The van der Waals surface area contributed by atoms with Crippen LogP contribution in [0, 0.1) is 12.8 Å². The molecule has 30 heavy (non-hydrogen) atoms. The molecule has 2 N–H and O–H groups in total. The van der Waals surface area contributed by atoms with Gasteiger partial charge in [-0.25, -0.2) is 0 Å². The van der Waals surface area contributed by atoms with Crippen LogP contribution in [-0.2, 0) is 11.3 Å². The first-order chi connectivity index (χ1) is 14.6. The second-order valence-electron chi connectivity index (χ2n) is 7.68. The summed E-state index contributed by atoms with van der Waals surface area (Å²) in [4.78, 5) is 31.1. The van der Waals surface area contributed by atoms with Crippen molar-refractivity contribution in [2.45, 2.75) is 26.3 Å². The normalized spacial score (nSPS) is 14.5. The fourth-order valence-electron chi connectivity index (χ4n) is 3.77. The number of piperidine rings is 1. The van der Waals surface area contributed by atoms with E-state index in [9.17, 15) is 9.59 Å². The molecule has 2 amide bonds. The fourth-order valence-corrected chi connectivity index (χ4v) is 3.77. The summed E-state index contributed by atoms with van der Waals surface area (Å²) in [5, 5.41) is 10.1. The molecule has 1 saturated heterocycles. The van der Waals surface area contributed by atoms with Crippen molar-refractivity contribution in [1.29, 1.82) is 0 Å². The van der Waals surface area contributed by atoms with E-state index in [1.54, 1.807) is 23.4 Å². The summed E-state index contributed by atoms with van der Waals surface area (Å²) >= 11 is 0. The fraction of sp³-hybridized carbons (Fsp3) is 0.304. The van der Waals surface area contributed by atoms with Gasteiger partial charge in [0.15, 0.2) is 0 Å². The van der Waals surface area contributed by atoms with Crippen molar-refractivity contribution in [1.82, 2.24) is 25.4 Å². The van der Waals surface area contributed by atoms with Crippen molar-refractivity contribution < 1.29 is 9.59 Å². The summed E-state index contributed by atoms with van der Waals surface area (Å²) in [6.45, 7) is 3.69. The van der Waals surface area contributed by atoms with Gasteiger partial charge in [0.05, 0.1) is 5.69 Å². The highest BCUT2D eigenvalue weighted by Gasteiger charge is 2.28. The minimum Gasteiger partial charge on any atom is -0.352 e. The predicted molar refractivity (Wildman–Crippen MR) is 113 cm³/mol. The van der Waals surface area contributed by atoms with Gasteiger partial charge in [0, 0.05) is 43.5 Å². The largest absolute Gasteiger partial charge is 0.352 e. The number of hydrogen-bond donors (Lipinski definition) is 2. The van der Waals surface area contributed by atoms with Crippen LogP contribution in [0.2, 0.25) is 0 Å². The van der Waals surface area contributed by atoms with Gasteiger partial charge in [-0.05, 0) is 43.5 Å². The maximum atomic E-state index is 12.8. The highest BCUT2D eigenvalue weighted by atomic mass is 16.2. The molecule has 3 aromatic rings. The number of benzene rings is 1. The number of nitrogens with one attached hydrogen (secondary N) is 2. The van der Waals surface area contributed by atoms with E-state index in [-0.39, 0.29) is 17.7 Å². The molecule has 1 aromatic carbocycles. The van der Waals surface area contributed by atoms with Crippen LogP contribution < -0.4 is 5.32 Å². The quantitative estimate of drug-likeness (QED) is 0.685. The van der Waals surface area contributed by atoms with Gasteiger partial charge in [-0.15, -0.1) is 0 Å². The van der Waals surface area contributed by atoms with Gasteiger partial charge >= 0.3 is 0 Å². The Hall–Kier alpha value is -3.48. The molecule has 1 aliphatic heterocycles. The van der Waals surface area contributed by atoms with Crippen molar-refractivity contribution in [3.8, 4) is 11.3 Å². The van der Waals surface area contributed by atoms with Crippen molar-refractivity contribution in [2.24, 2.45) is 5.92 Å². The zero-order chi connectivity index (χ0) is 20.9. The van der Waals surface area contributed by atoms with E-state index in [1.165, 1.54) is 5.56 Å². The number of carbonyl (C=O) groups is 2. The van der Waals surface area contributed by atoms with Crippen LogP contribution in [0.15, 0.2) is 54.9 Å². The summed E-state index contributed by atoms with van der Waals surface area (Å²) < 4.78 is 0. The molecule has 0 atom stereocenters. The molecule has 1 aliphatic rings. The lowest BCUT2D eigenvalue weighted by atomic mass is 9.95. The third kappa shape index (κ3) is 4.56. The molecule has 7 nitrogen and oxygen atoms in total. The van der Waals surface area contributed by atoms with Crippen molar-refractivity contribution in [3.05, 3.63) is 71.7 Å². The lowest BCUT2D eigenvalue weighted by Crippen LogP contribution is -2.43. The van der Waals surface area contributed by atoms with Crippen LogP contribution in [0.3, 0.4) is 0 Å². The standard InChI is InChI=1S/C23H25N5O2/c1-16-3-2-4-17(13-16)15-25-22(29)19-7-11-28(12-8-19)23(30)21-14-20(26-27-21)18-5-9-24-10-6-18/h2-6,9-10,13-14,19H,7-8,11-12,15H2,1H3,(H,25,29)(H,26,27). The van der Waals surface area contributed by atoms with Crippen molar-refractivity contribution >= 4 is 11.8 Å². The lowest BCUT2D eigenvalue weighted by molar-refractivity contribution is -0.126. The SMILES string of the molecule is Cc1cccc(CNC(=O)C2CCN(C(=O)c3cc(-c4ccncc4)n[nH]3)CC2)c1. The molecular formula is C23H25N5O2. The second kappa shape index (κ2) is 8.90. The number of H-pyrrole nitrogens is 1. The summed E-state index contributed by atoms with van der Waals surface area (Å²) in [5.74, 6) is -0.0838. The Morgan fingerprint density at radius 1 is 1.13 bits per heavy atom. The van der Waals surface area contributed by atoms with Crippen LogP contribution in [0.4, 0.5) is 0 Å². The Morgan fingerprint density at radius 3 is 2.63 bits per heavy atom. The van der Waals surface area contributed by atoms with E-state index < -0.39 is 0 Å². The highest BCUT2D eigenvalue weighted by molar-refractivity contribution is 5.93. The number of aromatic amines is 1. The van der Waals surface area contributed by atoms with E-state index in [1.807, 2.05) is 37.3 Å². The molecule has 0 radical (unpaired) electrons. The zero-order valence-electron chi connectivity index (χ0n) is 17.0. The van der Waals surface area contributed by atoms with Gasteiger partial charge in [-0.1, -0.05) is 29.8 Å². The minimum absolute atomic E-state index is 0.0603.